The molecule has 158 valence electrons. The van der Waals surface area contributed by atoms with Gasteiger partial charge >= 0.3 is 5.97 Å². The zero-order valence-corrected chi connectivity index (χ0v) is 17.9. The van der Waals surface area contributed by atoms with Crippen LogP contribution in [0.3, 0.4) is 0 Å². The van der Waals surface area contributed by atoms with Gasteiger partial charge in [-0.3, -0.25) is 9.69 Å². The summed E-state index contributed by atoms with van der Waals surface area (Å²) in [6.07, 6.45) is 3.66. The molecule has 31 heavy (non-hydrogen) atoms. The van der Waals surface area contributed by atoms with Crippen molar-refractivity contribution < 1.29 is 14.6 Å². The highest BCUT2D eigenvalue weighted by atomic mass is 35.5. The second-order valence-corrected chi connectivity index (χ2v) is 8.41. The van der Waals surface area contributed by atoms with Gasteiger partial charge in [0.1, 0.15) is 11.8 Å². The number of carbonyl (C=O) groups is 1. The molecule has 2 heterocycles. The van der Waals surface area contributed by atoms with Crippen LogP contribution in [0.4, 0.5) is 0 Å². The van der Waals surface area contributed by atoms with Crippen LogP contribution in [-0.4, -0.2) is 34.6 Å². The minimum atomic E-state index is -0.856. The number of aromatic nitrogens is 1. The highest BCUT2D eigenvalue weighted by molar-refractivity contribution is 6.31. The quantitative estimate of drug-likeness (QED) is 0.407. The molecule has 3 aromatic carbocycles. The number of carboxylic acids is 1. The topological polar surface area (TPSA) is 65.6 Å². The summed E-state index contributed by atoms with van der Waals surface area (Å²) in [6, 6.07) is 17.0. The number of benzene rings is 3. The van der Waals surface area contributed by atoms with E-state index in [0.29, 0.717) is 5.02 Å². The summed E-state index contributed by atoms with van der Waals surface area (Å²) in [4.78, 5) is 17.9. The fourth-order valence-electron chi connectivity index (χ4n) is 4.99. The molecular weight excluding hydrogens is 412 g/mol. The van der Waals surface area contributed by atoms with E-state index in [2.05, 4.69) is 22.0 Å². The molecule has 1 aliphatic heterocycles. The van der Waals surface area contributed by atoms with Crippen LogP contribution in [-0.2, 0) is 4.79 Å². The highest BCUT2D eigenvalue weighted by Crippen LogP contribution is 2.44. The monoisotopic (exact) mass is 434 g/mol. The molecule has 0 spiro atoms. The van der Waals surface area contributed by atoms with Gasteiger partial charge in [-0.1, -0.05) is 41.9 Å². The van der Waals surface area contributed by atoms with Crippen molar-refractivity contribution in [2.75, 3.05) is 13.7 Å². The zero-order valence-electron chi connectivity index (χ0n) is 17.1. The third-order valence-corrected chi connectivity index (χ3v) is 6.56. The number of hydrogen-bond acceptors (Lipinski definition) is 3. The van der Waals surface area contributed by atoms with Crippen molar-refractivity contribution in [2.24, 2.45) is 0 Å². The zero-order chi connectivity index (χ0) is 21.5. The Balaban J connectivity index is 1.63. The van der Waals surface area contributed by atoms with Crippen LogP contribution in [0, 0.1) is 0 Å². The van der Waals surface area contributed by atoms with Gasteiger partial charge in [-0.2, -0.15) is 0 Å². The normalized spacial score (nSPS) is 17.9. The summed E-state index contributed by atoms with van der Waals surface area (Å²) < 4.78 is 5.55. The Morgan fingerprint density at radius 1 is 1.16 bits per heavy atom. The molecule has 1 saturated heterocycles. The lowest BCUT2D eigenvalue weighted by atomic mass is 9.95. The first-order valence-corrected chi connectivity index (χ1v) is 10.8. The third-order valence-electron chi connectivity index (χ3n) is 6.33. The van der Waals surface area contributed by atoms with Gasteiger partial charge < -0.3 is 14.8 Å². The maximum Gasteiger partial charge on any atom is 0.325 e. The van der Waals surface area contributed by atoms with Gasteiger partial charge in [-0.15, -0.1) is 0 Å². The van der Waals surface area contributed by atoms with Crippen LogP contribution in [0.5, 0.6) is 5.75 Å². The number of aliphatic carboxylic acids is 1. The summed E-state index contributed by atoms with van der Waals surface area (Å²) in [5.41, 5.74) is 2.77. The molecule has 0 bridgehead atoms. The van der Waals surface area contributed by atoms with E-state index >= 15 is 0 Å². The Morgan fingerprint density at radius 3 is 2.74 bits per heavy atom. The first-order valence-electron chi connectivity index (χ1n) is 10.4. The summed E-state index contributed by atoms with van der Waals surface area (Å²) in [5, 5.41) is 13.9. The van der Waals surface area contributed by atoms with Gasteiger partial charge in [0, 0.05) is 39.1 Å². The van der Waals surface area contributed by atoms with E-state index in [4.69, 9.17) is 16.3 Å². The molecule has 0 saturated carbocycles. The molecule has 1 fully saturated rings. The average molecular weight is 435 g/mol. The minimum Gasteiger partial charge on any atom is -0.496 e. The second-order valence-electron chi connectivity index (χ2n) is 7.97. The number of likely N-dealkylation sites (tertiary alicyclic amines) is 1. The van der Waals surface area contributed by atoms with Crippen molar-refractivity contribution in [3.05, 3.63) is 76.9 Å². The smallest absolute Gasteiger partial charge is 0.325 e. The number of aromatic amines is 1. The minimum absolute atomic E-state index is 0.000963. The van der Waals surface area contributed by atoms with Gasteiger partial charge in [-0.05, 0) is 54.6 Å². The summed E-state index contributed by atoms with van der Waals surface area (Å²) in [7, 11) is 1.67. The largest absolute Gasteiger partial charge is 0.496 e. The van der Waals surface area contributed by atoms with Gasteiger partial charge in [0.15, 0.2) is 0 Å². The van der Waals surface area contributed by atoms with Crippen LogP contribution in [0.2, 0.25) is 5.02 Å². The number of hydrogen-bond donors (Lipinski definition) is 2. The van der Waals surface area contributed by atoms with E-state index in [1.54, 1.807) is 13.3 Å². The molecule has 0 aliphatic carbocycles. The lowest BCUT2D eigenvalue weighted by molar-refractivity contribution is -0.144. The van der Waals surface area contributed by atoms with E-state index in [1.165, 1.54) is 0 Å². The van der Waals surface area contributed by atoms with E-state index in [0.717, 1.165) is 57.9 Å². The predicted octanol–water partition coefficient (Wildman–Crippen LogP) is 5.95. The molecular formula is C25H23ClN2O3. The summed E-state index contributed by atoms with van der Waals surface area (Å²) in [6.45, 7) is 0.717. The van der Waals surface area contributed by atoms with E-state index < -0.39 is 12.0 Å². The Hall–Kier alpha value is -3.02. The number of nitrogens with zero attached hydrogens (tertiary/aromatic N) is 1. The number of halogens is 1. The van der Waals surface area contributed by atoms with Crippen molar-refractivity contribution in [3.63, 3.8) is 0 Å². The first kappa shape index (κ1) is 19.9. The number of rotatable bonds is 5. The van der Waals surface area contributed by atoms with Gasteiger partial charge in [0.2, 0.25) is 0 Å². The van der Waals surface area contributed by atoms with Crippen molar-refractivity contribution in [1.29, 1.82) is 0 Å². The summed E-state index contributed by atoms with van der Waals surface area (Å²) in [5.74, 6) is -0.0319. The first-order chi connectivity index (χ1) is 15.1. The molecule has 1 aliphatic rings. The van der Waals surface area contributed by atoms with Gasteiger partial charge in [0.25, 0.3) is 0 Å². The number of ether oxygens (including phenoxy) is 1. The predicted molar refractivity (Wildman–Crippen MR) is 123 cm³/mol. The molecule has 0 amide bonds. The van der Waals surface area contributed by atoms with E-state index in [1.807, 2.05) is 42.5 Å². The SMILES string of the molecule is COc1ccc([C@H]2CCCN2[C@H](C(=O)O)c2c[nH]c3ccc(Cl)cc23)c2ccccc12. The summed E-state index contributed by atoms with van der Waals surface area (Å²) >= 11 is 6.22. The van der Waals surface area contributed by atoms with Crippen LogP contribution in [0.15, 0.2) is 60.8 Å². The van der Waals surface area contributed by atoms with Crippen LogP contribution in [0.25, 0.3) is 21.7 Å². The molecule has 5 rings (SSSR count). The fraction of sp³-hybridized carbons (Fsp3) is 0.240. The van der Waals surface area contributed by atoms with Gasteiger partial charge in [-0.25, -0.2) is 0 Å². The van der Waals surface area contributed by atoms with Crippen molar-refractivity contribution in [3.8, 4) is 5.75 Å². The Bertz CT molecular complexity index is 1280. The standard InChI is InChI=1S/C25H23ClN2O3/c1-31-23-11-9-17(16-5-2-3-6-18(16)23)22-7-4-12-28(22)24(25(29)30)20-14-27-21-10-8-15(26)13-19(20)21/h2-3,5-6,8-11,13-14,22,24,27H,4,7,12H2,1H3,(H,29,30)/t22-,24+/m1/s1. The van der Waals surface area contributed by atoms with E-state index in [9.17, 15) is 9.90 Å². The number of methoxy groups -OCH3 is 1. The number of nitrogens with one attached hydrogen (secondary N) is 1. The molecule has 0 radical (unpaired) electrons. The molecule has 5 nitrogen and oxygen atoms in total. The maximum absolute atomic E-state index is 12.5. The Labute approximate surface area is 185 Å². The molecule has 2 atom stereocenters. The average Bonchev–Trinajstić information content (AvgIpc) is 3.41. The second kappa shape index (κ2) is 7.91. The fourth-order valence-corrected chi connectivity index (χ4v) is 5.16. The number of fused-ring (bicyclic) bond motifs is 2. The number of carboxylic acid groups (broad SMARTS) is 1. The number of H-pyrrole nitrogens is 1. The van der Waals surface area contributed by atoms with Crippen LogP contribution < -0.4 is 4.74 Å². The highest BCUT2D eigenvalue weighted by Gasteiger charge is 2.38. The van der Waals surface area contributed by atoms with E-state index in [-0.39, 0.29) is 6.04 Å². The van der Waals surface area contributed by atoms with Crippen molar-refractivity contribution in [2.45, 2.75) is 24.9 Å². The molecule has 2 N–H and O–H groups in total. The van der Waals surface area contributed by atoms with Crippen LogP contribution >= 0.6 is 11.6 Å². The van der Waals surface area contributed by atoms with Crippen molar-refractivity contribution >= 4 is 39.2 Å². The Morgan fingerprint density at radius 2 is 1.97 bits per heavy atom. The van der Waals surface area contributed by atoms with Crippen molar-refractivity contribution in [1.82, 2.24) is 9.88 Å². The lowest BCUT2D eigenvalue weighted by Gasteiger charge is -2.31. The Kier molecular flexibility index (Phi) is 5.08. The van der Waals surface area contributed by atoms with Crippen LogP contribution in [0.1, 0.15) is 36.1 Å². The molecule has 6 heteroatoms. The molecule has 0 unspecified atom stereocenters. The van der Waals surface area contributed by atoms with Gasteiger partial charge in [0.05, 0.1) is 7.11 Å². The lowest BCUT2D eigenvalue weighted by Crippen LogP contribution is -2.33. The maximum atomic E-state index is 12.5. The third kappa shape index (κ3) is 3.34. The molecule has 1 aromatic heterocycles. The molecule has 4 aromatic rings.